The van der Waals surface area contributed by atoms with E-state index < -0.39 is 5.60 Å². The number of likely N-dealkylation sites (N-methyl/N-ethyl adjacent to an activating group) is 1. The van der Waals surface area contributed by atoms with Gasteiger partial charge >= 0.3 is 0 Å². The van der Waals surface area contributed by atoms with Crippen LogP contribution in [0, 0.1) is 0 Å². The molecule has 0 heterocycles. The minimum Gasteiger partial charge on any atom is -0.389 e. The Labute approximate surface area is 123 Å². The van der Waals surface area contributed by atoms with E-state index >= 15 is 0 Å². The summed E-state index contributed by atoms with van der Waals surface area (Å²) in [7, 11) is 1.71. The maximum Gasteiger partial charge on any atom is 0.232 e. The molecule has 0 aliphatic rings. The summed E-state index contributed by atoms with van der Waals surface area (Å²) in [4.78, 5) is 13.4. The summed E-state index contributed by atoms with van der Waals surface area (Å²) in [6.45, 7) is 3.72. The molecule has 0 saturated heterocycles. The fourth-order valence-corrected chi connectivity index (χ4v) is 2.67. The molecule has 1 rings (SSSR count). The highest BCUT2D eigenvalue weighted by molar-refractivity contribution is 7.99. The van der Waals surface area contributed by atoms with Gasteiger partial charge in [-0.05, 0) is 31.5 Å². The van der Waals surface area contributed by atoms with Gasteiger partial charge in [-0.25, -0.2) is 0 Å². The summed E-state index contributed by atoms with van der Waals surface area (Å²) in [6, 6.07) is 7.61. The summed E-state index contributed by atoms with van der Waals surface area (Å²) < 4.78 is 0. The molecule has 0 radical (unpaired) electrons. The van der Waals surface area contributed by atoms with Gasteiger partial charge in [-0.2, -0.15) is 0 Å². The van der Waals surface area contributed by atoms with Crippen molar-refractivity contribution in [2.24, 2.45) is 0 Å². The van der Waals surface area contributed by atoms with Crippen molar-refractivity contribution in [3.63, 3.8) is 0 Å². The van der Waals surface area contributed by atoms with Gasteiger partial charge in [0.2, 0.25) is 5.91 Å². The van der Waals surface area contributed by atoms with E-state index in [9.17, 15) is 9.90 Å². The largest absolute Gasteiger partial charge is 0.389 e. The number of amides is 1. The average Bonchev–Trinajstić information content (AvgIpc) is 2.29. The number of hydrogen-bond donors (Lipinski definition) is 1. The van der Waals surface area contributed by atoms with Gasteiger partial charge in [-0.3, -0.25) is 4.79 Å². The van der Waals surface area contributed by atoms with Crippen molar-refractivity contribution >= 4 is 29.3 Å². The van der Waals surface area contributed by atoms with Gasteiger partial charge in [0.25, 0.3) is 0 Å². The van der Waals surface area contributed by atoms with Gasteiger partial charge in [0.05, 0.1) is 11.4 Å². The number of thioether (sulfide) groups is 1. The predicted octanol–water partition coefficient (Wildman–Crippen LogP) is 2.80. The summed E-state index contributed by atoms with van der Waals surface area (Å²) in [5.74, 6) is 1.22. The molecule has 0 atom stereocenters. The van der Waals surface area contributed by atoms with Gasteiger partial charge in [0.1, 0.15) is 0 Å². The number of hydrogen-bond acceptors (Lipinski definition) is 3. The Hall–Kier alpha value is -0.710. The van der Waals surface area contributed by atoms with Crippen LogP contribution < -0.4 is 0 Å². The second-order valence-corrected chi connectivity index (χ2v) is 6.60. The highest BCUT2D eigenvalue weighted by atomic mass is 35.5. The minimum absolute atomic E-state index is 0.0288. The second kappa shape index (κ2) is 7.17. The lowest BCUT2D eigenvalue weighted by Crippen LogP contribution is -2.40. The van der Waals surface area contributed by atoms with Crippen molar-refractivity contribution in [3.05, 3.63) is 34.9 Å². The van der Waals surface area contributed by atoms with Crippen LogP contribution in [0.1, 0.15) is 19.4 Å². The van der Waals surface area contributed by atoms with Crippen molar-refractivity contribution in [2.75, 3.05) is 19.3 Å². The van der Waals surface area contributed by atoms with Crippen molar-refractivity contribution in [1.82, 2.24) is 4.90 Å². The first kappa shape index (κ1) is 16.3. The Balaban J connectivity index is 2.32. The molecule has 0 saturated carbocycles. The molecule has 0 aromatic heterocycles. The molecule has 106 valence electrons. The first-order valence-corrected chi connectivity index (χ1v) is 7.60. The van der Waals surface area contributed by atoms with E-state index in [1.807, 2.05) is 24.3 Å². The Kier molecular flexibility index (Phi) is 6.17. The molecule has 0 aliphatic carbocycles. The quantitative estimate of drug-likeness (QED) is 0.878. The van der Waals surface area contributed by atoms with E-state index in [-0.39, 0.29) is 5.91 Å². The first-order chi connectivity index (χ1) is 8.78. The third-order valence-electron chi connectivity index (χ3n) is 2.46. The first-order valence-electron chi connectivity index (χ1n) is 6.06. The smallest absolute Gasteiger partial charge is 0.232 e. The SMILES string of the molecule is CN(CC(C)(C)O)C(=O)CSCc1ccc(Cl)cc1. The van der Waals surface area contributed by atoms with Crippen LogP contribution >= 0.6 is 23.4 Å². The molecule has 0 bridgehead atoms. The Morgan fingerprint density at radius 1 is 1.37 bits per heavy atom. The summed E-state index contributed by atoms with van der Waals surface area (Å²) in [6.07, 6.45) is 0. The van der Waals surface area contributed by atoms with E-state index in [1.165, 1.54) is 0 Å². The molecule has 1 aromatic carbocycles. The van der Waals surface area contributed by atoms with Crippen molar-refractivity contribution < 1.29 is 9.90 Å². The van der Waals surface area contributed by atoms with Crippen molar-refractivity contribution in [2.45, 2.75) is 25.2 Å². The maximum absolute atomic E-state index is 11.8. The van der Waals surface area contributed by atoms with Gasteiger partial charge in [-0.15, -0.1) is 11.8 Å². The predicted molar refractivity (Wildman–Crippen MR) is 81.5 cm³/mol. The Morgan fingerprint density at radius 3 is 2.47 bits per heavy atom. The summed E-state index contributed by atoms with van der Waals surface area (Å²) in [5, 5.41) is 10.4. The number of halogens is 1. The van der Waals surface area contributed by atoms with Crippen LogP contribution in [0.3, 0.4) is 0 Å². The van der Waals surface area contributed by atoms with Crippen LogP contribution in [0.15, 0.2) is 24.3 Å². The lowest BCUT2D eigenvalue weighted by atomic mass is 10.1. The molecule has 0 spiro atoms. The molecule has 19 heavy (non-hydrogen) atoms. The van der Waals surface area contributed by atoms with Gasteiger partial charge in [-0.1, -0.05) is 23.7 Å². The van der Waals surface area contributed by atoms with Crippen LogP contribution in [0.25, 0.3) is 0 Å². The highest BCUT2D eigenvalue weighted by Gasteiger charge is 2.18. The van der Waals surface area contributed by atoms with E-state index in [4.69, 9.17) is 11.6 Å². The third kappa shape index (κ3) is 6.85. The number of carbonyl (C=O) groups is 1. The number of rotatable bonds is 6. The zero-order chi connectivity index (χ0) is 14.5. The van der Waals surface area contributed by atoms with Crippen molar-refractivity contribution in [1.29, 1.82) is 0 Å². The standard InChI is InChI=1S/C14H20ClNO2S/c1-14(2,18)10-16(3)13(17)9-19-8-11-4-6-12(15)7-5-11/h4-7,18H,8-10H2,1-3H3. The van der Waals surface area contributed by atoms with Gasteiger partial charge < -0.3 is 10.0 Å². The molecule has 1 amide bonds. The van der Waals surface area contributed by atoms with Crippen LogP contribution in [0.2, 0.25) is 5.02 Å². The number of nitrogens with zero attached hydrogens (tertiary/aromatic N) is 1. The van der Waals surface area contributed by atoms with Gasteiger partial charge in [0, 0.05) is 24.4 Å². The maximum atomic E-state index is 11.8. The topological polar surface area (TPSA) is 40.5 Å². The van der Waals surface area contributed by atoms with Crippen LogP contribution in [-0.4, -0.2) is 40.9 Å². The fourth-order valence-electron chi connectivity index (χ4n) is 1.62. The molecule has 1 aromatic rings. The second-order valence-electron chi connectivity index (χ2n) is 5.18. The average molecular weight is 302 g/mol. The molecule has 0 fully saturated rings. The molecule has 3 nitrogen and oxygen atoms in total. The molecular formula is C14H20ClNO2S. The molecule has 0 aliphatic heterocycles. The molecule has 1 N–H and O–H groups in total. The highest BCUT2D eigenvalue weighted by Crippen LogP contribution is 2.16. The zero-order valence-electron chi connectivity index (χ0n) is 11.5. The number of carbonyl (C=O) groups excluding carboxylic acids is 1. The lowest BCUT2D eigenvalue weighted by molar-refractivity contribution is -0.129. The minimum atomic E-state index is -0.856. The van der Waals surface area contributed by atoms with E-state index in [0.717, 1.165) is 16.3 Å². The number of benzene rings is 1. The van der Waals surface area contributed by atoms with Crippen molar-refractivity contribution in [3.8, 4) is 0 Å². The summed E-state index contributed by atoms with van der Waals surface area (Å²) >= 11 is 7.37. The Morgan fingerprint density at radius 2 is 1.95 bits per heavy atom. The molecule has 5 heteroatoms. The van der Waals surface area contributed by atoms with Crippen LogP contribution in [0.4, 0.5) is 0 Å². The monoisotopic (exact) mass is 301 g/mol. The normalized spacial score (nSPS) is 11.4. The summed E-state index contributed by atoms with van der Waals surface area (Å²) in [5.41, 5.74) is 0.290. The molecular weight excluding hydrogens is 282 g/mol. The number of aliphatic hydroxyl groups is 1. The van der Waals surface area contributed by atoms with E-state index in [1.54, 1.807) is 37.6 Å². The fraction of sp³-hybridized carbons (Fsp3) is 0.500. The van der Waals surface area contributed by atoms with Crippen LogP contribution in [-0.2, 0) is 10.5 Å². The zero-order valence-corrected chi connectivity index (χ0v) is 13.1. The third-order valence-corrected chi connectivity index (χ3v) is 3.70. The van der Waals surface area contributed by atoms with E-state index in [2.05, 4.69) is 0 Å². The van der Waals surface area contributed by atoms with E-state index in [0.29, 0.717) is 12.3 Å². The van der Waals surface area contributed by atoms with Crippen LogP contribution in [0.5, 0.6) is 0 Å². The Bertz CT molecular complexity index is 414. The molecule has 0 unspecified atom stereocenters. The lowest BCUT2D eigenvalue weighted by Gasteiger charge is -2.25. The van der Waals surface area contributed by atoms with Gasteiger partial charge in [0.15, 0.2) is 0 Å².